The summed E-state index contributed by atoms with van der Waals surface area (Å²) in [6, 6.07) is 0. The predicted octanol–water partition coefficient (Wildman–Crippen LogP) is 2.93. The highest BCUT2D eigenvalue weighted by Crippen LogP contribution is 2.36. The molecule has 0 spiro atoms. The van der Waals surface area contributed by atoms with Gasteiger partial charge in [-0.3, -0.25) is 4.79 Å². The standard InChI is InChI=1S/C15H30N2OS/c1-5-17-15(4,14(16)18)10-12(3)19-13-8-6-7-11(2)9-13/h11-13,17H,5-10H2,1-4H3,(H2,16,18). The van der Waals surface area contributed by atoms with Gasteiger partial charge in [0.25, 0.3) is 0 Å². The van der Waals surface area contributed by atoms with E-state index in [2.05, 4.69) is 19.2 Å². The van der Waals surface area contributed by atoms with Crippen molar-refractivity contribution in [3.05, 3.63) is 0 Å². The SMILES string of the molecule is CCNC(C)(CC(C)SC1CCCC(C)C1)C(N)=O. The number of thioether (sulfide) groups is 1. The lowest BCUT2D eigenvalue weighted by molar-refractivity contribution is -0.124. The van der Waals surface area contributed by atoms with Crippen molar-refractivity contribution in [3.63, 3.8) is 0 Å². The van der Waals surface area contributed by atoms with E-state index in [4.69, 9.17) is 5.73 Å². The fraction of sp³-hybridized carbons (Fsp3) is 0.933. The Bertz CT molecular complexity index is 298. The van der Waals surface area contributed by atoms with Gasteiger partial charge in [-0.25, -0.2) is 0 Å². The van der Waals surface area contributed by atoms with Gasteiger partial charge in [-0.05, 0) is 38.6 Å². The molecule has 19 heavy (non-hydrogen) atoms. The Kier molecular flexibility index (Phi) is 6.67. The Labute approximate surface area is 122 Å². The van der Waals surface area contributed by atoms with E-state index < -0.39 is 5.54 Å². The van der Waals surface area contributed by atoms with Crippen LogP contribution in [0.4, 0.5) is 0 Å². The van der Waals surface area contributed by atoms with Gasteiger partial charge in [-0.1, -0.05) is 33.6 Å². The van der Waals surface area contributed by atoms with Crippen LogP contribution in [0.5, 0.6) is 0 Å². The smallest absolute Gasteiger partial charge is 0.237 e. The maximum Gasteiger partial charge on any atom is 0.237 e. The lowest BCUT2D eigenvalue weighted by Gasteiger charge is -2.33. The molecule has 3 nitrogen and oxygen atoms in total. The third-order valence-corrected chi connectivity index (χ3v) is 5.56. The Morgan fingerprint density at radius 1 is 1.53 bits per heavy atom. The number of hydrogen-bond donors (Lipinski definition) is 2. The van der Waals surface area contributed by atoms with Crippen LogP contribution in [0.3, 0.4) is 0 Å². The molecule has 0 aromatic rings. The average molecular weight is 286 g/mol. The van der Waals surface area contributed by atoms with E-state index in [-0.39, 0.29) is 5.91 Å². The minimum atomic E-state index is -0.568. The molecule has 4 unspecified atom stereocenters. The van der Waals surface area contributed by atoms with Crippen molar-refractivity contribution in [3.8, 4) is 0 Å². The first-order valence-electron chi connectivity index (χ1n) is 7.57. The van der Waals surface area contributed by atoms with Crippen molar-refractivity contribution in [2.24, 2.45) is 11.7 Å². The number of nitrogens with one attached hydrogen (secondary N) is 1. The summed E-state index contributed by atoms with van der Waals surface area (Å²) in [5.74, 6) is 0.619. The summed E-state index contributed by atoms with van der Waals surface area (Å²) in [5.41, 5.74) is 4.98. The summed E-state index contributed by atoms with van der Waals surface area (Å²) in [5, 5.41) is 4.47. The third-order valence-electron chi connectivity index (χ3n) is 4.12. The highest BCUT2D eigenvalue weighted by atomic mass is 32.2. The van der Waals surface area contributed by atoms with Gasteiger partial charge in [0.2, 0.25) is 5.91 Å². The molecule has 4 heteroatoms. The monoisotopic (exact) mass is 286 g/mol. The van der Waals surface area contributed by atoms with Crippen LogP contribution in [0.25, 0.3) is 0 Å². The first-order chi connectivity index (χ1) is 8.87. The highest BCUT2D eigenvalue weighted by molar-refractivity contribution is 8.00. The largest absolute Gasteiger partial charge is 0.368 e. The minimum Gasteiger partial charge on any atom is -0.368 e. The van der Waals surface area contributed by atoms with Crippen LogP contribution in [-0.2, 0) is 4.79 Å². The zero-order chi connectivity index (χ0) is 14.5. The molecule has 0 aliphatic heterocycles. The second-order valence-electron chi connectivity index (χ2n) is 6.27. The van der Waals surface area contributed by atoms with Crippen molar-refractivity contribution in [2.75, 3.05) is 6.54 Å². The van der Waals surface area contributed by atoms with E-state index in [1.165, 1.54) is 25.7 Å². The molecule has 0 radical (unpaired) electrons. The number of carbonyl (C=O) groups excluding carboxylic acids is 1. The number of nitrogens with two attached hydrogens (primary N) is 1. The van der Waals surface area contributed by atoms with Gasteiger partial charge < -0.3 is 11.1 Å². The predicted molar refractivity (Wildman–Crippen MR) is 84.4 cm³/mol. The summed E-state index contributed by atoms with van der Waals surface area (Å²) in [4.78, 5) is 11.6. The van der Waals surface area contributed by atoms with E-state index in [1.807, 2.05) is 25.6 Å². The van der Waals surface area contributed by atoms with Crippen molar-refractivity contribution >= 4 is 17.7 Å². The van der Waals surface area contributed by atoms with Gasteiger partial charge in [0.05, 0.1) is 5.54 Å². The summed E-state index contributed by atoms with van der Waals surface area (Å²) in [6.07, 6.45) is 6.19. The molecular weight excluding hydrogens is 256 g/mol. The van der Waals surface area contributed by atoms with Gasteiger partial charge in [0, 0.05) is 10.5 Å². The number of rotatable bonds is 7. The molecule has 0 aromatic heterocycles. The maximum atomic E-state index is 11.6. The van der Waals surface area contributed by atoms with Crippen LogP contribution in [0.1, 0.15) is 59.8 Å². The maximum absolute atomic E-state index is 11.6. The van der Waals surface area contributed by atoms with Crippen LogP contribution >= 0.6 is 11.8 Å². The van der Waals surface area contributed by atoms with Gasteiger partial charge >= 0.3 is 0 Å². The Hall–Kier alpha value is -0.220. The molecule has 0 bridgehead atoms. The second kappa shape index (κ2) is 7.53. The van der Waals surface area contributed by atoms with E-state index in [9.17, 15) is 4.79 Å². The van der Waals surface area contributed by atoms with Gasteiger partial charge in [0.1, 0.15) is 0 Å². The Morgan fingerprint density at radius 2 is 2.21 bits per heavy atom. The molecule has 1 amide bonds. The first-order valence-corrected chi connectivity index (χ1v) is 8.52. The van der Waals surface area contributed by atoms with Crippen LogP contribution in [0.15, 0.2) is 0 Å². The van der Waals surface area contributed by atoms with Crippen molar-refractivity contribution in [2.45, 2.75) is 75.8 Å². The zero-order valence-electron chi connectivity index (χ0n) is 12.9. The van der Waals surface area contributed by atoms with E-state index in [0.717, 1.165) is 24.1 Å². The molecule has 112 valence electrons. The Balaban J connectivity index is 2.48. The molecule has 4 atom stereocenters. The molecule has 1 aliphatic carbocycles. The van der Waals surface area contributed by atoms with Crippen LogP contribution < -0.4 is 11.1 Å². The number of hydrogen-bond acceptors (Lipinski definition) is 3. The molecular formula is C15H30N2OS. The summed E-state index contributed by atoms with van der Waals surface area (Å²) >= 11 is 2.05. The van der Waals surface area contributed by atoms with E-state index >= 15 is 0 Å². The summed E-state index contributed by atoms with van der Waals surface area (Å²) in [6.45, 7) is 9.30. The number of amides is 1. The highest BCUT2D eigenvalue weighted by Gasteiger charge is 2.33. The van der Waals surface area contributed by atoms with Gasteiger partial charge in [0.15, 0.2) is 0 Å². The van der Waals surface area contributed by atoms with Gasteiger partial charge in [-0.2, -0.15) is 11.8 Å². The molecule has 0 aromatic carbocycles. The van der Waals surface area contributed by atoms with Crippen LogP contribution in [0, 0.1) is 5.92 Å². The van der Waals surface area contributed by atoms with E-state index in [1.54, 1.807) is 0 Å². The molecule has 3 N–H and O–H groups in total. The van der Waals surface area contributed by atoms with Crippen LogP contribution in [0.2, 0.25) is 0 Å². The number of likely N-dealkylation sites (N-methyl/N-ethyl adjacent to an activating group) is 1. The topological polar surface area (TPSA) is 55.1 Å². The third kappa shape index (κ3) is 5.35. The van der Waals surface area contributed by atoms with Crippen LogP contribution in [-0.4, -0.2) is 28.5 Å². The number of primary amides is 1. The summed E-state index contributed by atoms with van der Waals surface area (Å²) < 4.78 is 0. The number of carbonyl (C=O) groups is 1. The van der Waals surface area contributed by atoms with E-state index in [0.29, 0.717) is 5.25 Å². The molecule has 1 rings (SSSR count). The molecule has 1 fully saturated rings. The summed E-state index contributed by atoms with van der Waals surface area (Å²) in [7, 11) is 0. The quantitative estimate of drug-likeness (QED) is 0.756. The fourth-order valence-electron chi connectivity index (χ4n) is 3.10. The molecule has 1 saturated carbocycles. The van der Waals surface area contributed by atoms with Crippen molar-refractivity contribution < 1.29 is 4.79 Å². The first kappa shape index (κ1) is 16.8. The lowest BCUT2D eigenvalue weighted by atomic mass is 9.90. The Morgan fingerprint density at radius 3 is 2.74 bits per heavy atom. The molecule has 1 aliphatic rings. The molecule has 0 heterocycles. The van der Waals surface area contributed by atoms with Crippen molar-refractivity contribution in [1.82, 2.24) is 5.32 Å². The minimum absolute atomic E-state index is 0.237. The molecule has 0 saturated heterocycles. The fourth-order valence-corrected chi connectivity index (χ4v) is 4.93. The zero-order valence-corrected chi connectivity index (χ0v) is 13.7. The average Bonchev–Trinajstić information content (AvgIpc) is 2.28. The lowest BCUT2D eigenvalue weighted by Crippen LogP contribution is -2.54. The van der Waals surface area contributed by atoms with Gasteiger partial charge in [-0.15, -0.1) is 0 Å². The normalized spacial score (nSPS) is 28.6. The van der Waals surface area contributed by atoms with Crippen molar-refractivity contribution in [1.29, 1.82) is 0 Å². The second-order valence-corrected chi connectivity index (χ2v) is 8.01.